The van der Waals surface area contributed by atoms with Crippen LogP contribution in [0.2, 0.25) is 0 Å². The fourth-order valence-electron chi connectivity index (χ4n) is 3.72. The van der Waals surface area contributed by atoms with Crippen molar-refractivity contribution in [2.24, 2.45) is 0 Å². The third-order valence-corrected chi connectivity index (χ3v) is 6.05. The molecule has 4 rings (SSSR count). The van der Waals surface area contributed by atoms with Gasteiger partial charge in [0.05, 0.1) is 7.11 Å². The molecule has 0 N–H and O–H groups in total. The van der Waals surface area contributed by atoms with Crippen molar-refractivity contribution in [1.82, 2.24) is 0 Å². The van der Waals surface area contributed by atoms with Crippen molar-refractivity contribution in [3.63, 3.8) is 0 Å². The van der Waals surface area contributed by atoms with E-state index >= 15 is 0 Å². The molecule has 5 heteroatoms. The van der Waals surface area contributed by atoms with Crippen LogP contribution in [-0.4, -0.2) is 7.11 Å². The first-order chi connectivity index (χ1) is 19.5. The van der Waals surface area contributed by atoms with Crippen molar-refractivity contribution in [3.05, 3.63) is 130 Å². The smallest absolute Gasteiger partial charge is 0.130 e. The molecule has 2 nitrogen and oxygen atoms in total. The quantitative estimate of drug-likeness (QED) is 0.231. The Morgan fingerprint density at radius 2 is 1.27 bits per heavy atom. The monoisotopic (exact) mass is 566 g/mol. The summed E-state index contributed by atoms with van der Waals surface area (Å²) < 4.78 is 49.9. The highest BCUT2D eigenvalue weighted by molar-refractivity contribution is 5.33. The zero-order valence-electron chi connectivity index (χ0n) is 25.9. The first-order valence-electron chi connectivity index (χ1n) is 14.0. The maximum absolute atomic E-state index is 13.7. The van der Waals surface area contributed by atoms with Gasteiger partial charge in [-0.15, -0.1) is 0 Å². The summed E-state index contributed by atoms with van der Waals surface area (Å²) in [5, 5.41) is 0. The fraction of sp³-hybridized carbons (Fsp3) is 0.333. The number of rotatable bonds is 6. The summed E-state index contributed by atoms with van der Waals surface area (Å²) in [4.78, 5) is 0. The molecule has 0 atom stereocenters. The van der Waals surface area contributed by atoms with Crippen molar-refractivity contribution in [2.75, 3.05) is 7.11 Å². The Hall–Kier alpha value is -3.73. The van der Waals surface area contributed by atoms with Crippen LogP contribution in [0.15, 0.2) is 84.9 Å². The predicted molar refractivity (Wildman–Crippen MR) is 166 cm³/mol. The maximum atomic E-state index is 13.7. The van der Waals surface area contributed by atoms with Crippen LogP contribution in [0.3, 0.4) is 0 Å². The minimum atomic E-state index is -0.223. The molecule has 0 aliphatic heterocycles. The summed E-state index contributed by atoms with van der Waals surface area (Å²) in [6.45, 7) is 16.1. The molecular weight excluding hydrogens is 521 g/mol. The molecule has 0 amide bonds. The van der Waals surface area contributed by atoms with Gasteiger partial charge in [-0.05, 0) is 66.6 Å². The standard InChI is InChI=1S/C16H17FO.C10H13F.C8H9FO.C2H6/c1-12(2)15-9-8-14(10-16(15)17)18-11-13-6-4-3-5-7-13;1-7(2)9-6-8(3)4-5-10(9)11;1-6-7(9)4-3-5-8(6)10-2;1-2/h3-10,12H,11H2,1-2H3;4-7H,1-3H3;3-5H,1-2H3;1-2H3. The molecule has 0 aromatic heterocycles. The van der Waals surface area contributed by atoms with Gasteiger partial charge in [0, 0.05) is 11.6 Å². The Kier molecular flexibility index (Phi) is 16.0. The second-order valence-electron chi connectivity index (χ2n) is 9.86. The topological polar surface area (TPSA) is 18.5 Å². The molecular formula is C36H45F3O2. The number of aryl methyl sites for hydroxylation is 1. The van der Waals surface area contributed by atoms with Gasteiger partial charge < -0.3 is 9.47 Å². The lowest BCUT2D eigenvalue weighted by atomic mass is 10.0. The number of hydrogen-bond acceptors (Lipinski definition) is 2. The van der Waals surface area contributed by atoms with Crippen molar-refractivity contribution in [3.8, 4) is 11.5 Å². The molecule has 0 aliphatic carbocycles. The van der Waals surface area contributed by atoms with E-state index in [0.29, 0.717) is 23.7 Å². The molecule has 41 heavy (non-hydrogen) atoms. The second kappa shape index (κ2) is 18.6. The first kappa shape index (κ1) is 35.3. The second-order valence-corrected chi connectivity index (χ2v) is 9.86. The van der Waals surface area contributed by atoms with E-state index in [0.717, 1.165) is 22.3 Å². The van der Waals surface area contributed by atoms with E-state index in [1.165, 1.54) is 25.3 Å². The van der Waals surface area contributed by atoms with E-state index in [1.54, 1.807) is 31.2 Å². The van der Waals surface area contributed by atoms with Gasteiger partial charge >= 0.3 is 0 Å². The van der Waals surface area contributed by atoms with Gasteiger partial charge in [0.2, 0.25) is 0 Å². The lowest BCUT2D eigenvalue weighted by molar-refractivity contribution is 0.304. The Morgan fingerprint density at radius 1 is 0.634 bits per heavy atom. The maximum Gasteiger partial charge on any atom is 0.130 e. The molecule has 0 aliphatic rings. The van der Waals surface area contributed by atoms with E-state index in [9.17, 15) is 13.2 Å². The molecule has 0 fully saturated rings. The minimum absolute atomic E-state index is 0.0920. The summed E-state index contributed by atoms with van der Waals surface area (Å²) >= 11 is 0. The number of ether oxygens (including phenoxy) is 2. The third kappa shape index (κ3) is 12.1. The molecule has 0 spiro atoms. The lowest BCUT2D eigenvalue weighted by Gasteiger charge is -2.10. The van der Waals surface area contributed by atoms with Crippen LogP contribution in [0.5, 0.6) is 11.5 Å². The van der Waals surface area contributed by atoms with Gasteiger partial charge in [-0.2, -0.15) is 0 Å². The SMILES string of the molecule is CC.CC(C)c1ccc(OCc2ccccc2)cc1F.COc1cccc(F)c1C.Cc1ccc(F)c(C(C)C)c1. The van der Waals surface area contributed by atoms with Gasteiger partial charge in [0.25, 0.3) is 0 Å². The van der Waals surface area contributed by atoms with Gasteiger partial charge in [-0.25, -0.2) is 13.2 Å². The zero-order chi connectivity index (χ0) is 30.9. The van der Waals surface area contributed by atoms with Crippen molar-refractivity contribution in [1.29, 1.82) is 0 Å². The molecule has 222 valence electrons. The summed E-state index contributed by atoms with van der Waals surface area (Å²) in [6, 6.07) is 24.9. The molecule has 4 aromatic rings. The summed E-state index contributed by atoms with van der Waals surface area (Å²) in [5.74, 6) is 1.12. The summed E-state index contributed by atoms with van der Waals surface area (Å²) in [7, 11) is 1.53. The van der Waals surface area contributed by atoms with Gasteiger partial charge in [0.1, 0.15) is 35.6 Å². The largest absolute Gasteiger partial charge is 0.496 e. The van der Waals surface area contributed by atoms with Crippen LogP contribution in [0.1, 0.15) is 81.2 Å². The number of methoxy groups -OCH3 is 1. The molecule has 0 bridgehead atoms. The zero-order valence-corrected chi connectivity index (χ0v) is 25.9. The number of benzene rings is 4. The van der Waals surface area contributed by atoms with Crippen molar-refractivity contribution in [2.45, 2.75) is 73.8 Å². The normalized spacial score (nSPS) is 10.0. The molecule has 0 saturated carbocycles. The van der Waals surface area contributed by atoms with Crippen LogP contribution in [0.25, 0.3) is 0 Å². The number of halogens is 3. The van der Waals surface area contributed by atoms with E-state index in [1.807, 2.05) is 90.9 Å². The van der Waals surface area contributed by atoms with E-state index < -0.39 is 0 Å². The third-order valence-electron chi connectivity index (χ3n) is 6.05. The first-order valence-corrected chi connectivity index (χ1v) is 14.0. The van der Waals surface area contributed by atoms with E-state index in [4.69, 9.17) is 9.47 Å². The molecule has 4 aromatic carbocycles. The highest BCUT2D eigenvalue weighted by atomic mass is 19.1. The van der Waals surface area contributed by atoms with E-state index in [-0.39, 0.29) is 29.3 Å². The average molecular weight is 567 g/mol. The highest BCUT2D eigenvalue weighted by Crippen LogP contribution is 2.23. The molecule has 0 heterocycles. The number of hydrogen-bond donors (Lipinski definition) is 0. The van der Waals surface area contributed by atoms with Crippen LogP contribution in [-0.2, 0) is 6.61 Å². The van der Waals surface area contributed by atoms with Crippen LogP contribution >= 0.6 is 0 Å². The predicted octanol–water partition coefficient (Wildman–Crippen LogP) is 11.0. The fourth-order valence-corrected chi connectivity index (χ4v) is 3.72. The van der Waals surface area contributed by atoms with Crippen LogP contribution in [0, 0.1) is 31.3 Å². The van der Waals surface area contributed by atoms with Crippen LogP contribution in [0.4, 0.5) is 13.2 Å². The van der Waals surface area contributed by atoms with Crippen molar-refractivity contribution < 1.29 is 22.6 Å². The van der Waals surface area contributed by atoms with E-state index in [2.05, 4.69) is 0 Å². The highest BCUT2D eigenvalue weighted by Gasteiger charge is 2.08. The average Bonchev–Trinajstić information content (AvgIpc) is 2.97. The lowest BCUT2D eigenvalue weighted by Crippen LogP contribution is -1.98. The Labute approximate surface area is 245 Å². The molecule has 0 unspecified atom stereocenters. The van der Waals surface area contributed by atoms with Gasteiger partial charge in [-0.3, -0.25) is 0 Å². The molecule has 0 saturated heterocycles. The molecule has 0 radical (unpaired) electrons. The van der Waals surface area contributed by atoms with Gasteiger partial charge in [-0.1, -0.05) is 102 Å². The van der Waals surface area contributed by atoms with Gasteiger partial charge in [0.15, 0.2) is 0 Å². The Morgan fingerprint density at radius 3 is 1.78 bits per heavy atom. The summed E-state index contributed by atoms with van der Waals surface area (Å²) in [6.07, 6.45) is 0. The Balaban J connectivity index is 0.000000316. The van der Waals surface area contributed by atoms with Crippen molar-refractivity contribution >= 4 is 0 Å². The van der Waals surface area contributed by atoms with Crippen LogP contribution < -0.4 is 9.47 Å². The minimum Gasteiger partial charge on any atom is -0.496 e. The Bertz CT molecular complexity index is 1300. The summed E-state index contributed by atoms with van der Waals surface area (Å²) in [5.41, 5.74) is 4.29.